The van der Waals surface area contributed by atoms with Gasteiger partial charge in [0.2, 0.25) is 0 Å². The number of nitrogens with zero attached hydrogens (tertiary/aromatic N) is 2. The van der Waals surface area contributed by atoms with Crippen molar-refractivity contribution in [3.63, 3.8) is 0 Å². The van der Waals surface area contributed by atoms with Crippen molar-refractivity contribution in [2.24, 2.45) is 5.10 Å². The Balaban J connectivity index is 1.55. The SMILES string of the molecule is Fc1ccc(N/N=C/c2ccc(N(c3ccccc3)c3ccccc3)cc2)c(F)c1. The fourth-order valence-electron chi connectivity index (χ4n) is 3.07. The van der Waals surface area contributed by atoms with E-state index in [4.69, 9.17) is 0 Å². The number of nitrogens with one attached hydrogen (secondary N) is 1. The average molecular weight is 399 g/mol. The van der Waals surface area contributed by atoms with Gasteiger partial charge in [0.15, 0.2) is 5.82 Å². The van der Waals surface area contributed by atoms with Crippen molar-refractivity contribution in [1.29, 1.82) is 0 Å². The minimum Gasteiger partial charge on any atom is -0.311 e. The van der Waals surface area contributed by atoms with Gasteiger partial charge in [-0.25, -0.2) is 8.78 Å². The molecule has 0 aliphatic rings. The molecule has 0 amide bonds. The zero-order chi connectivity index (χ0) is 20.8. The molecule has 3 nitrogen and oxygen atoms in total. The van der Waals surface area contributed by atoms with Crippen molar-refractivity contribution in [2.75, 3.05) is 10.3 Å². The van der Waals surface area contributed by atoms with Gasteiger partial charge in [0, 0.05) is 23.1 Å². The van der Waals surface area contributed by atoms with Crippen molar-refractivity contribution in [3.05, 3.63) is 120 Å². The highest BCUT2D eigenvalue weighted by atomic mass is 19.1. The van der Waals surface area contributed by atoms with Gasteiger partial charge in [-0.05, 0) is 54.1 Å². The van der Waals surface area contributed by atoms with Crippen molar-refractivity contribution in [3.8, 4) is 0 Å². The topological polar surface area (TPSA) is 27.6 Å². The summed E-state index contributed by atoms with van der Waals surface area (Å²) < 4.78 is 26.6. The second-order valence-electron chi connectivity index (χ2n) is 6.59. The Kier molecular flexibility index (Phi) is 5.80. The molecule has 30 heavy (non-hydrogen) atoms. The minimum atomic E-state index is -0.691. The first-order chi connectivity index (χ1) is 14.7. The summed E-state index contributed by atoms with van der Waals surface area (Å²) >= 11 is 0. The Labute approximate surface area is 173 Å². The Morgan fingerprint density at radius 2 is 1.23 bits per heavy atom. The van der Waals surface area contributed by atoms with Crippen LogP contribution in [0.25, 0.3) is 0 Å². The van der Waals surface area contributed by atoms with E-state index in [1.807, 2.05) is 60.7 Å². The lowest BCUT2D eigenvalue weighted by Gasteiger charge is -2.25. The van der Waals surface area contributed by atoms with Crippen molar-refractivity contribution < 1.29 is 8.78 Å². The van der Waals surface area contributed by atoms with E-state index in [1.165, 1.54) is 12.1 Å². The van der Waals surface area contributed by atoms with Crippen LogP contribution in [0.1, 0.15) is 5.56 Å². The molecule has 0 aromatic heterocycles. The van der Waals surface area contributed by atoms with Gasteiger partial charge in [-0.1, -0.05) is 48.5 Å². The number of rotatable bonds is 6. The number of para-hydroxylation sites is 2. The summed E-state index contributed by atoms with van der Waals surface area (Å²) in [5, 5.41) is 4.04. The van der Waals surface area contributed by atoms with E-state index in [1.54, 1.807) is 6.21 Å². The molecular weight excluding hydrogens is 380 g/mol. The number of anilines is 4. The standard InChI is InChI=1S/C25H19F2N3/c26-20-13-16-25(24(27)17-20)29-28-18-19-11-14-23(15-12-19)30(21-7-3-1-4-8-21)22-9-5-2-6-10-22/h1-18,29H/b28-18+. The second-order valence-corrected chi connectivity index (χ2v) is 6.59. The van der Waals surface area contributed by atoms with Crippen LogP contribution in [0.5, 0.6) is 0 Å². The first-order valence-electron chi connectivity index (χ1n) is 9.45. The van der Waals surface area contributed by atoms with Gasteiger partial charge < -0.3 is 4.90 Å². The molecule has 0 saturated carbocycles. The zero-order valence-electron chi connectivity index (χ0n) is 16.0. The van der Waals surface area contributed by atoms with Gasteiger partial charge in [0.1, 0.15) is 5.82 Å². The number of halogens is 2. The Bertz CT molecular complexity index is 1090. The number of hydrogen-bond acceptors (Lipinski definition) is 3. The molecule has 4 aromatic carbocycles. The molecule has 0 radical (unpaired) electrons. The highest BCUT2D eigenvalue weighted by Crippen LogP contribution is 2.33. The fourth-order valence-corrected chi connectivity index (χ4v) is 3.07. The molecule has 5 heteroatoms. The predicted molar refractivity (Wildman–Crippen MR) is 119 cm³/mol. The maximum absolute atomic E-state index is 13.7. The number of hydrogen-bond donors (Lipinski definition) is 1. The largest absolute Gasteiger partial charge is 0.311 e. The van der Waals surface area contributed by atoms with E-state index in [0.29, 0.717) is 0 Å². The van der Waals surface area contributed by atoms with Crippen LogP contribution in [0.2, 0.25) is 0 Å². The van der Waals surface area contributed by atoms with Crippen LogP contribution in [0.15, 0.2) is 108 Å². The lowest BCUT2D eigenvalue weighted by atomic mass is 10.1. The summed E-state index contributed by atoms with van der Waals surface area (Å²) in [4.78, 5) is 2.16. The molecular formula is C25H19F2N3. The van der Waals surface area contributed by atoms with Crippen LogP contribution in [-0.4, -0.2) is 6.21 Å². The second kappa shape index (κ2) is 9.01. The minimum absolute atomic E-state index is 0.114. The summed E-state index contributed by atoms with van der Waals surface area (Å²) in [6, 6.07) is 31.4. The molecule has 0 bridgehead atoms. The van der Waals surface area contributed by atoms with Gasteiger partial charge >= 0.3 is 0 Å². The Morgan fingerprint density at radius 1 is 0.667 bits per heavy atom. The van der Waals surface area contributed by atoms with Crippen LogP contribution in [-0.2, 0) is 0 Å². The maximum atomic E-state index is 13.7. The monoisotopic (exact) mass is 399 g/mol. The van der Waals surface area contributed by atoms with Gasteiger partial charge in [-0.15, -0.1) is 0 Å². The molecule has 0 spiro atoms. The molecule has 148 valence electrons. The molecule has 0 saturated heterocycles. The van der Waals surface area contributed by atoms with E-state index >= 15 is 0 Å². The van der Waals surface area contributed by atoms with Crippen LogP contribution in [0.4, 0.5) is 31.5 Å². The smallest absolute Gasteiger partial charge is 0.151 e. The molecule has 0 atom stereocenters. The van der Waals surface area contributed by atoms with Crippen molar-refractivity contribution in [1.82, 2.24) is 0 Å². The van der Waals surface area contributed by atoms with Crippen LogP contribution < -0.4 is 10.3 Å². The molecule has 1 N–H and O–H groups in total. The van der Waals surface area contributed by atoms with Gasteiger partial charge in [-0.3, -0.25) is 5.43 Å². The maximum Gasteiger partial charge on any atom is 0.151 e. The summed E-state index contributed by atoms with van der Waals surface area (Å²) in [6.45, 7) is 0. The molecule has 4 rings (SSSR count). The highest BCUT2D eigenvalue weighted by Gasteiger charge is 2.11. The Hall–Kier alpha value is -3.99. The third-order valence-electron chi connectivity index (χ3n) is 4.51. The molecule has 0 unspecified atom stereocenters. The third kappa shape index (κ3) is 4.52. The summed E-state index contributed by atoms with van der Waals surface area (Å²) in [5.74, 6) is -1.32. The van der Waals surface area contributed by atoms with Gasteiger partial charge in [0.05, 0.1) is 11.9 Å². The summed E-state index contributed by atoms with van der Waals surface area (Å²) in [6.07, 6.45) is 1.59. The van der Waals surface area contributed by atoms with Gasteiger partial charge in [-0.2, -0.15) is 5.10 Å². The van der Waals surface area contributed by atoms with E-state index in [-0.39, 0.29) is 5.69 Å². The molecule has 0 aliphatic heterocycles. The third-order valence-corrected chi connectivity index (χ3v) is 4.51. The summed E-state index contributed by atoms with van der Waals surface area (Å²) in [7, 11) is 0. The lowest BCUT2D eigenvalue weighted by molar-refractivity contribution is 0.585. The molecule has 0 heterocycles. The highest BCUT2D eigenvalue weighted by molar-refractivity contribution is 5.83. The average Bonchev–Trinajstić information content (AvgIpc) is 2.78. The Morgan fingerprint density at radius 3 is 1.80 bits per heavy atom. The van der Waals surface area contributed by atoms with E-state index in [2.05, 4.69) is 39.7 Å². The molecule has 0 fully saturated rings. The molecule has 4 aromatic rings. The first-order valence-corrected chi connectivity index (χ1v) is 9.45. The normalized spacial score (nSPS) is 10.9. The van der Waals surface area contributed by atoms with E-state index in [9.17, 15) is 8.78 Å². The first kappa shape index (κ1) is 19.3. The van der Waals surface area contributed by atoms with E-state index in [0.717, 1.165) is 28.7 Å². The van der Waals surface area contributed by atoms with Crippen molar-refractivity contribution in [2.45, 2.75) is 0 Å². The molecule has 0 aliphatic carbocycles. The van der Waals surface area contributed by atoms with Crippen LogP contribution in [0.3, 0.4) is 0 Å². The quantitative estimate of drug-likeness (QED) is 0.283. The van der Waals surface area contributed by atoms with Gasteiger partial charge in [0.25, 0.3) is 0 Å². The zero-order valence-corrected chi connectivity index (χ0v) is 16.0. The summed E-state index contributed by atoms with van der Waals surface area (Å²) in [5.41, 5.74) is 6.66. The fraction of sp³-hybridized carbons (Fsp3) is 0. The lowest BCUT2D eigenvalue weighted by Crippen LogP contribution is -2.09. The number of benzene rings is 4. The predicted octanol–water partition coefficient (Wildman–Crippen LogP) is 6.88. The van der Waals surface area contributed by atoms with Crippen molar-refractivity contribution >= 4 is 29.0 Å². The van der Waals surface area contributed by atoms with Crippen LogP contribution in [0, 0.1) is 11.6 Å². The number of hydrazone groups is 1. The van der Waals surface area contributed by atoms with Crippen LogP contribution >= 0.6 is 0 Å². The van der Waals surface area contributed by atoms with E-state index < -0.39 is 11.6 Å².